The van der Waals surface area contributed by atoms with E-state index in [4.69, 9.17) is 10.2 Å². The number of hydrogen-bond donors (Lipinski definition) is 2. The number of hydrogen-bond acceptors (Lipinski definition) is 2. The van der Waals surface area contributed by atoms with Gasteiger partial charge >= 0.3 is 0 Å². The Bertz CT molecular complexity index is 430. The Hall–Kier alpha value is -1.38. The Morgan fingerprint density at radius 1 is 1.00 bits per heavy atom. The second-order valence-electron chi connectivity index (χ2n) is 4.03. The topological polar surface area (TPSA) is 40.5 Å². The summed E-state index contributed by atoms with van der Waals surface area (Å²) in [5, 5.41) is 18.1. The van der Waals surface area contributed by atoms with Crippen LogP contribution in [0.1, 0.15) is 24.0 Å². The highest BCUT2D eigenvalue weighted by Crippen LogP contribution is 2.26. The van der Waals surface area contributed by atoms with E-state index < -0.39 is 0 Å². The van der Waals surface area contributed by atoms with Crippen LogP contribution in [-0.4, -0.2) is 16.8 Å². The maximum Gasteiger partial charge on any atom is 0.0682 e. The zero-order chi connectivity index (χ0) is 11.4. The molecule has 0 unspecified atom stereocenters. The van der Waals surface area contributed by atoms with Crippen LogP contribution < -0.4 is 0 Å². The van der Waals surface area contributed by atoms with Crippen molar-refractivity contribution >= 4 is 5.57 Å². The normalized spacial score (nSPS) is 15.6. The summed E-state index contributed by atoms with van der Waals surface area (Å²) in [4.78, 5) is 0. The molecule has 0 heterocycles. The lowest BCUT2D eigenvalue weighted by atomic mass is 9.93. The van der Waals surface area contributed by atoms with Crippen molar-refractivity contribution in [1.29, 1.82) is 0 Å². The fourth-order valence-corrected chi connectivity index (χ4v) is 1.92. The van der Waals surface area contributed by atoms with Crippen LogP contribution in [0.4, 0.5) is 0 Å². The molecule has 0 amide bonds. The van der Waals surface area contributed by atoms with E-state index in [9.17, 15) is 0 Å². The number of rotatable bonds is 3. The SMILES string of the molecule is OCC1=CC=C(c2cccc(CO)c2)CC1. The lowest BCUT2D eigenvalue weighted by molar-refractivity contribution is 0.282. The molecule has 0 saturated heterocycles. The van der Waals surface area contributed by atoms with E-state index in [1.165, 1.54) is 11.1 Å². The molecule has 2 rings (SSSR count). The summed E-state index contributed by atoms with van der Waals surface area (Å²) < 4.78 is 0. The lowest BCUT2D eigenvalue weighted by Crippen LogP contribution is -1.97. The number of aliphatic hydroxyl groups excluding tert-OH is 2. The third kappa shape index (κ3) is 2.40. The molecule has 2 heteroatoms. The van der Waals surface area contributed by atoms with Crippen LogP contribution in [0.15, 0.2) is 42.0 Å². The Morgan fingerprint density at radius 2 is 1.88 bits per heavy atom. The van der Waals surface area contributed by atoms with Gasteiger partial charge in [0, 0.05) is 0 Å². The highest BCUT2D eigenvalue weighted by atomic mass is 16.3. The summed E-state index contributed by atoms with van der Waals surface area (Å²) in [6.07, 6.45) is 5.93. The van der Waals surface area contributed by atoms with E-state index in [0.29, 0.717) is 0 Å². The van der Waals surface area contributed by atoms with Crippen LogP contribution in [0, 0.1) is 0 Å². The number of aliphatic hydroxyl groups is 2. The van der Waals surface area contributed by atoms with Crippen molar-refractivity contribution in [1.82, 2.24) is 0 Å². The smallest absolute Gasteiger partial charge is 0.0682 e. The highest BCUT2D eigenvalue weighted by molar-refractivity contribution is 5.69. The third-order valence-electron chi connectivity index (χ3n) is 2.92. The summed E-state index contributed by atoms with van der Waals surface area (Å²) in [7, 11) is 0. The van der Waals surface area contributed by atoms with E-state index in [1.54, 1.807) is 0 Å². The van der Waals surface area contributed by atoms with E-state index >= 15 is 0 Å². The van der Waals surface area contributed by atoms with Gasteiger partial charge in [-0.15, -0.1) is 0 Å². The van der Waals surface area contributed by atoms with Gasteiger partial charge in [-0.2, -0.15) is 0 Å². The standard InChI is InChI=1S/C14H16O2/c15-9-11-4-6-13(7-5-11)14-3-1-2-12(8-14)10-16/h1-4,6,8,15-16H,5,7,9-10H2. The molecular formula is C14H16O2. The maximum absolute atomic E-state index is 9.08. The van der Waals surface area contributed by atoms with Gasteiger partial charge in [0.1, 0.15) is 0 Å². The molecule has 0 fully saturated rings. The van der Waals surface area contributed by atoms with Gasteiger partial charge in [-0.3, -0.25) is 0 Å². The quantitative estimate of drug-likeness (QED) is 0.813. The van der Waals surface area contributed by atoms with Crippen molar-refractivity contribution in [2.45, 2.75) is 19.4 Å². The fraction of sp³-hybridized carbons (Fsp3) is 0.286. The van der Waals surface area contributed by atoms with Crippen LogP contribution >= 0.6 is 0 Å². The van der Waals surface area contributed by atoms with Gasteiger partial charge in [-0.25, -0.2) is 0 Å². The molecule has 0 radical (unpaired) electrons. The van der Waals surface area contributed by atoms with E-state index in [0.717, 1.165) is 24.0 Å². The second-order valence-corrected chi connectivity index (χ2v) is 4.03. The third-order valence-corrected chi connectivity index (χ3v) is 2.92. The van der Waals surface area contributed by atoms with Crippen molar-refractivity contribution < 1.29 is 10.2 Å². The van der Waals surface area contributed by atoms with Crippen LogP contribution in [0.25, 0.3) is 5.57 Å². The molecule has 1 aromatic carbocycles. The zero-order valence-electron chi connectivity index (χ0n) is 9.19. The summed E-state index contributed by atoms with van der Waals surface area (Å²) in [5.41, 5.74) is 4.46. The molecule has 16 heavy (non-hydrogen) atoms. The predicted octanol–water partition coefficient (Wildman–Crippen LogP) is 2.27. The predicted molar refractivity (Wildman–Crippen MR) is 64.7 cm³/mol. The molecule has 2 N–H and O–H groups in total. The van der Waals surface area contributed by atoms with Crippen molar-refractivity contribution in [2.75, 3.05) is 6.61 Å². The second kappa shape index (κ2) is 5.10. The van der Waals surface area contributed by atoms with Gasteiger partial charge in [-0.1, -0.05) is 30.4 Å². The molecule has 1 aliphatic rings. The minimum absolute atomic E-state index is 0.0822. The molecule has 84 valence electrons. The van der Waals surface area contributed by atoms with Crippen molar-refractivity contribution in [3.63, 3.8) is 0 Å². The number of benzene rings is 1. The van der Waals surface area contributed by atoms with E-state index in [-0.39, 0.29) is 13.2 Å². The van der Waals surface area contributed by atoms with Gasteiger partial charge < -0.3 is 10.2 Å². The first-order chi connectivity index (χ1) is 7.83. The van der Waals surface area contributed by atoms with Crippen LogP contribution in [0.5, 0.6) is 0 Å². The summed E-state index contributed by atoms with van der Waals surface area (Å²) in [6, 6.07) is 7.96. The lowest BCUT2D eigenvalue weighted by Gasteiger charge is -2.14. The van der Waals surface area contributed by atoms with Crippen molar-refractivity contribution in [3.8, 4) is 0 Å². The summed E-state index contributed by atoms with van der Waals surface area (Å²) in [5.74, 6) is 0. The summed E-state index contributed by atoms with van der Waals surface area (Å²) >= 11 is 0. The maximum atomic E-state index is 9.08. The van der Waals surface area contributed by atoms with Gasteiger partial charge in [0.2, 0.25) is 0 Å². The molecule has 1 aromatic rings. The average molecular weight is 216 g/mol. The monoisotopic (exact) mass is 216 g/mol. The molecule has 2 nitrogen and oxygen atoms in total. The Kier molecular flexibility index (Phi) is 3.54. The summed E-state index contributed by atoms with van der Waals surface area (Å²) in [6.45, 7) is 0.235. The minimum atomic E-state index is 0.0822. The van der Waals surface area contributed by atoms with Crippen LogP contribution in [0.2, 0.25) is 0 Å². The Morgan fingerprint density at radius 3 is 2.50 bits per heavy atom. The average Bonchev–Trinajstić information content (AvgIpc) is 2.39. The molecule has 0 bridgehead atoms. The highest BCUT2D eigenvalue weighted by Gasteiger charge is 2.07. The number of allylic oxidation sites excluding steroid dienone is 3. The van der Waals surface area contributed by atoms with Crippen molar-refractivity contribution in [3.05, 3.63) is 53.1 Å². The largest absolute Gasteiger partial charge is 0.392 e. The van der Waals surface area contributed by atoms with Gasteiger partial charge in [0.15, 0.2) is 0 Å². The molecule has 0 aromatic heterocycles. The minimum Gasteiger partial charge on any atom is -0.392 e. The van der Waals surface area contributed by atoms with Crippen LogP contribution in [-0.2, 0) is 6.61 Å². The van der Waals surface area contributed by atoms with Gasteiger partial charge in [0.25, 0.3) is 0 Å². The van der Waals surface area contributed by atoms with Gasteiger partial charge in [0.05, 0.1) is 13.2 Å². The van der Waals surface area contributed by atoms with E-state index in [1.807, 2.05) is 24.3 Å². The van der Waals surface area contributed by atoms with Gasteiger partial charge in [-0.05, 0) is 41.2 Å². The first-order valence-corrected chi connectivity index (χ1v) is 5.53. The molecule has 0 atom stereocenters. The Labute approximate surface area is 95.6 Å². The molecule has 0 saturated carbocycles. The fourth-order valence-electron chi connectivity index (χ4n) is 1.92. The zero-order valence-corrected chi connectivity index (χ0v) is 9.19. The van der Waals surface area contributed by atoms with Crippen LogP contribution in [0.3, 0.4) is 0 Å². The molecule has 0 spiro atoms. The Balaban J connectivity index is 2.25. The molecular weight excluding hydrogens is 200 g/mol. The van der Waals surface area contributed by atoms with Crippen molar-refractivity contribution in [2.24, 2.45) is 0 Å². The first kappa shape index (κ1) is 11.1. The first-order valence-electron chi connectivity index (χ1n) is 5.53. The molecule has 0 aliphatic heterocycles. The molecule has 1 aliphatic carbocycles. The van der Waals surface area contributed by atoms with E-state index in [2.05, 4.69) is 12.1 Å².